The SMILES string of the molecule is Cc1[nH]nc(CCC(=O)N2CCC[C@H](Cc3ccc(F)cc3)C2)c1C. The van der Waals surface area contributed by atoms with Crippen LogP contribution in [0.3, 0.4) is 0 Å². The number of H-pyrrole nitrogens is 1. The number of benzene rings is 1. The molecule has 0 saturated carbocycles. The van der Waals surface area contributed by atoms with E-state index in [0.717, 1.165) is 54.9 Å². The van der Waals surface area contributed by atoms with Crippen molar-refractivity contribution in [1.29, 1.82) is 0 Å². The predicted molar refractivity (Wildman–Crippen MR) is 95.8 cm³/mol. The number of aromatic amines is 1. The van der Waals surface area contributed by atoms with Crippen LogP contribution in [-0.4, -0.2) is 34.1 Å². The van der Waals surface area contributed by atoms with Crippen molar-refractivity contribution in [3.63, 3.8) is 0 Å². The molecule has 1 fully saturated rings. The summed E-state index contributed by atoms with van der Waals surface area (Å²) in [7, 11) is 0. The maximum Gasteiger partial charge on any atom is 0.222 e. The van der Waals surface area contributed by atoms with Gasteiger partial charge in [0.25, 0.3) is 0 Å². The van der Waals surface area contributed by atoms with Crippen LogP contribution < -0.4 is 0 Å². The van der Waals surface area contributed by atoms with Crippen LogP contribution >= 0.6 is 0 Å². The lowest BCUT2D eigenvalue weighted by Gasteiger charge is -2.33. The van der Waals surface area contributed by atoms with Crippen LogP contribution in [0, 0.1) is 25.6 Å². The Labute approximate surface area is 148 Å². The summed E-state index contributed by atoms with van der Waals surface area (Å²) in [5.41, 5.74) is 4.36. The molecule has 3 rings (SSSR count). The molecule has 0 spiro atoms. The van der Waals surface area contributed by atoms with Gasteiger partial charge in [0.05, 0.1) is 5.69 Å². The molecule has 0 radical (unpaired) electrons. The van der Waals surface area contributed by atoms with Gasteiger partial charge in [0.2, 0.25) is 5.91 Å². The van der Waals surface area contributed by atoms with E-state index < -0.39 is 0 Å². The zero-order valence-corrected chi connectivity index (χ0v) is 15.0. The molecule has 1 atom stereocenters. The number of rotatable bonds is 5. The van der Waals surface area contributed by atoms with Gasteiger partial charge in [-0.25, -0.2) is 4.39 Å². The molecule has 5 heteroatoms. The minimum atomic E-state index is -0.201. The molecular weight excluding hydrogens is 317 g/mol. The number of halogens is 1. The Bertz CT molecular complexity index is 723. The van der Waals surface area contributed by atoms with Gasteiger partial charge in [-0.1, -0.05) is 12.1 Å². The second-order valence-electron chi connectivity index (χ2n) is 7.10. The normalized spacial score (nSPS) is 17.7. The van der Waals surface area contributed by atoms with E-state index in [1.807, 2.05) is 30.9 Å². The number of hydrogen-bond acceptors (Lipinski definition) is 2. The summed E-state index contributed by atoms with van der Waals surface area (Å²) in [5.74, 6) is 0.467. The van der Waals surface area contributed by atoms with E-state index in [1.54, 1.807) is 0 Å². The molecule has 1 aliphatic heterocycles. The van der Waals surface area contributed by atoms with Crippen LogP contribution in [-0.2, 0) is 17.6 Å². The van der Waals surface area contributed by atoms with Gasteiger partial charge in [-0.2, -0.15) is 5.10 Å². The van der Waals surface area contributed by atoms with Crippen molar-refractivity contribution in [1.82, 2.24) is 15.1 Å². The van der Waals surface area contributed by atoms with Gasteiger partial charge in [-0.3, -0.25) is 9.89 Å². The van der Waals surface area contributed by atoms with Crippen LogP contribution in [0.2, 0.25) is 0 Å². The monoisotopic (exact) mass is 343 g/mol. The van der Waals surface area contributed by atoms with Crippen LogP contribution in [0.5, 0.6) is 0 Å². The number of hydrogen-bond donors (Lipinski definition) is 1. The highest BCUT2D eigenvalue weighted by Crippen LogP contribution is 2.22. The lowest BCUT2D eigenvalue weighted by molar-refractivity contribution is -0.133. The molecule has 0 bridgehead atoms. The Hall–Kier alpha value is -2.17. The average molecular weight is 343 g/mol. The zero-order valence-electron chi connectivity index (χ0n) is 15.0. The topological polar surface area (TPSA) is 49.0 Å². The van der Waals surface area contributed by atoms with Crippen LogP contribution in [0.4, 0.5) is 4.39 Å². The third-order valence-corrected chi connectivity index (χ3v) is 5.24. The maximum atomic E-state index is 13.0. The Morgan fingerprint density at radius 3 is 2.76 bits per heavy atom. The third-order valence-electron chi connectivity index (χ3n) is 5.24. The molecule has 2 heterocycles. The molecule has 0 unspecified atom stereocenters. The fourth-order valence-corrected chi connectivity index (χ4v) is 3.57. The smallest absolute Gasteiger partial charge is 0.222 e. The number of carbonyl (C=O) groups excluding carboxylic acids is 1. The zero-order chi connectivity index (χ0) is 17.8. The number of amides is 1. The van der Waals surface area contributed by atoms with Gasteiger partial charge >= 0.3 is 0 Å². The Balaban J connectivity index is 1.52. The van der Waals surface area contributed by atoms with E-state index in [-0.39, 0.29) is 11.7 Å². The van der Waals surface area contributed by atoms with Crippen molar-refractivity contribution < 1.29 is 9.18 Å². The first-order chi connectivity index (χ1) is 12.0. The molecule has 134 valence electrons. The molecule has 1 saturated heterocycles. The van der Waals surface area contributed by atoms with Crippen LogP contribution in [0.15, 0.2) is 24.3 Å². The highest BCUT2D eigenvalue weighted by molar-refractivity contribution is 5.76. The van der Waals surface area contributed by atoms with Crippen molar-refractivity contribution in [3.8, 4) is 0 Å². The summed E-state index contributed by atoms with van der Waals surface area (Å²) in [6.07, 6.45) is 4.27. The summed E-state index contributed by atoms with van der Waals surface area (Å²) >= 11 is 0. The summed E-state index contributed by atoms with van der Waals surface area (Å²) in [4.78, 5) is 14.6. The minimum Gasteiger partial charge on any atom is -0.342 e. The molecule has 1 aromatic heterocycles. The molecule has 25 heavy (non-hydrogen) atoms. The second-order valence-corrected chi connectivity index (χ2v) is 7.10. The third kappa shape index (κ3) is 4.47. The van der Waals surface area contributed by atoms with E-state index in [9.17, 15) is 9.18 Å². The van der Waals surface area contributed by atoms with Gasteiger partial charge in [-0.15, -0.1) is 0 Å². The maximum absolute atomic E-state index is 13.0. The highest BCUT2D eigenvalue weighted by Gasteiger charge is 2.24. The molecule has 4 nitrogen and oxygen atoms in total. The summed E-state index contributed by atoms with van der Waals surface area (Å²) in [6, 6.07) is 6.71. The van der Waals surface area contributed by atoms with Crippen molar-refractivity contribution >= 4 is 5.91 Å². The molecule has 2 aromatic rings. The Morgan fingerprint density at radius 1 is 1.32 bits per heavy atom. The van der Waals surface area contributed by atoms with E-state index in [2.05, 4.69) is 10.2 Å². The van der Waals surface area contributed by atoms with Gasteiger partial charge in [0.1, 0.15) is 5.82 Å². The highest BCUT2D eigenvalue weighted by atomic mass is 19.1. The predicted octanol–water partition coefficient (Wildman–Crippen LogP) is 3.58. The number of piperidine rings is 1. The van der Waals surface area contributed by atoms with Gasteiger partial charge in [0.15, 0.2) is 0 Å². The van der Waals surface area contributed by atoms with Crippen LogP contribution in [0.25, 0.3) is 0 Å². The second kappa shape index (κ2) is 7.81. The van der Waals surface area contributed by atoms with Crippen molar-refractivity contribution in [2.45, 2.75) is 46.0 Å². The summed E-state index contributed by atoms with van der Waals surface area (Å²) < 4.78 is 13.0. The van der Waals surface area contributed by atoms with Gasteiger partial charge in [-0.05, 0) is 62.3 Å². The van der Waals surface area contributed by atoms with E-state index in [4.69, 9.17) is 0 Å². The number of carbonyl (C=O) groups is 1. The number of nitrogens with one attached hydrogen (secondary N) is 1. The number of aryl methyl sites for hydroxylation is 2. The first-order valence-corrected chi connectivity index (χ1v) is 9.05. The van der Waals surface area contributed by atoms with Gasteiger partial charge < -0.3 is 4.90 Å². The largest absolute Gasteiger partial charge is 0.342 e. The van der Waals surface area contributed by atoms with E-state index >= 15 is 0 Å². The first-order valence-electron chi connectivity index (χ1n) is 9.05. The summed E-state index contributed by atoms with van der Waals surface area (Å²) in [5, 5.41) is 7.26. The van der Waals surface area contributed by atoms with E-state index in [1.165, 1.54) is 12.1 Å². The fraction of sp³-hybridized carbons (Fsp3) is 0.500. The number of likely N-dealkylation sites (tertiary alicyclic amines) is 1. The number of aromatic nitrogens is 2. The summed E-state index contributed by atoms with van der Waals surface area (Å²) in [6.45, 7) is 5.68. The lowest BCUT2D eigenvalue weighted by Crippen LogP contribution is -2.40. The molecule has 0 aliphatic carbocycles. The molecule has 1 aromatic carbocycles. The van der Waals surface area contributed by atoms with Crippen LogP contribution in [0.1, 0.15) is 41.8 Å². The minimum absolute atomic E-state index is 0.201. The quantitative estimate of drug-likeness (QED) is 0.902. The molecule has 1 N–H and O–H groups in total. The fourth-order valence-electron chi connectivity index (χ4n) is 3.57. The first kappa shape index (κ1) is 17.6. The standard InChI is InChI=1S/C20H26FN3O/c1-14-15(2)22-23-19(14)9-10-20(25)24-11-3-4-17(13-24)12-16-5-7-18(21)8-6-16/h5-8,17H,3-4,9-13H2,1-2H3,(H,22,23)/t17-/m1/s1. The van der Waals surface area contributed by atoms with Crippen molar-refractivity contribution in [2.75, 3.05) is 13.1 Å². The van der Waals surface area contributed by atoms with Crippen molar-refractivity contribution in [3.05, 3.63) is 52.6 Å². The Morgan fingerprint density at radius 2 is 2.08 bits per heavy atom. The van der Waals surface area contributed by atoms with E-state index in [0.29, 0.717) is 18.8 Å². The molecule has 1 amide bonds. The lowest BCUT2D eigenvalue weighted by atomic mass is 9.91. The van der Waals surface area contributed by atoms with Crippen molar-refractivity contribution in [2.24, 2.45) is 5.92 Å². The Kier molecular flexibility index (Phi) is 5.51. The molecule has 1 aliphatic rings. The van der Waals surface area contributed by atoms with Gasteiger partial charge in [0, 0.05) is 31.6 Å². The molecular formula is C20H26FN3O. The average Bonchev–Trinajstić information content (AvgIpc) is 2.94. The number of nitrogens with zero attached hydrogens (tertiary/aromatic N) is 2.